The minimum Gasteiger partial charge on any atom is -0.405 e. The smallest absolute Gasteiger partial charge is 0.405 e. The summed E-state index contributed by atoms with van der Waals surface area (Å²) in [5, 5.41) is 6.06. The fraction of sp³-hybridized carbons (Fsp3) is 0.500. The van der Waals surface area contributed by atoms with Gasteiger partial charge < -0.3 is 20.1 Å². The number of ether oxygens (including phenoxy) is 2. The van der Waals surface area contributed by atoms with Gasteiger partial charge in [-0.15, -0.1) is 13.2 Å². The summed E-state index contributed by atoms with van der Waals surface area (Å²) in [6.07, 6.45) is -4.74. The molecule has 4 nitrogen and oxygen atoms in total. The van der Waals surface area contributed by atoms with Gasteiger partial charge in [0.25, 0.3) is 0 Å². The molecule has 0 unspecified atom stereocenters. The monoisotopic (exact) mass is 332 g/mol. The zero-order valence-electron chi connectivity index (χ0n) is 13.8. The van der Waals surface area contributed by atoms with Gasteiger partial charge >= 0.3 is 6.36 Å². The van der Waals surface area contributed by atoms with Crippen LogP contribution >= 0.6 is 0 Å². The Kier molecular flexibility index (Phi) is 6.32. The highest BCUT2D eigenvalue weighted by molar-refractivity contribution is 5.37. The average molecular weight is 332 g/mol. The van der Waals surface area contributed by atoms with Crippen molar-refractivity contribution < 1.29 is 22.6 Å². The summed E-state index contributed by atoms with van der Waals surface area (Å²) in [6, 6.07) is 4.44. The van der Waals surface area contributed by atoms with Crippen molar-refractivity contribution in [3.63, 3.8) is 0 Å². The molecule has 0 aliphatic carbocycles. The first-order chi connectivity index (χ1) is 10.5. The van der Waals surface area contributed by atoms with E-state index in [1.165, 1.54) is 19.2 Å². The fourth-order valence-electron chi connectivity index (χ4n) is 1.95. The molecule has 0 aliphatic heterocycles. The van der Waals surface area contributed by atoms with Crippen LogP contribution in [0.2, 0.25) is 0 Å². The van der Waals surface area contributed by atoms with E-state index in [2.05, 4.69) is 21.9 Å². The van der Waals surface area contributed by atoms with Crippen molar-refractivity contribution in [1.82, 2.24) is 10.6 Å². The van der Waals surface area contributed by atoms with Gasteiger partial charge in [0.05, 0.1) is 12.4 Å². The second kappa shape index (κ2) is 7.59. The second-order valence-corrected chi connectivity index (χ2v) is 6.13. The SMILES string of the molecule is C=C(NCc1cc(COC)ccc1OC(F)(F)F)NC(C)(C)C. The molecule has 7 heteroatoms. The van der Waals surface area contributed by atoms with Crippen molar-refractivity contribution in [1.29, 1.82) is 0 Å². The van der Waals surface area contributed by atoms with Crippen LogP contribution in [0.15, 0.2) is 30.6 Å². The second-order valence-electron chi connectivity index (χ2n) is 6.13. The van der Waals surface area contributed by atoms with E-state index in [9.17, 15) is 13.2 Å². The highest BCUT2D eigenvalue weighted by Gasteiger charge is 2.32. The molecule has 0 saturated carbocycles. The van der Waals surface area contributed by atoms with Crippen LogP contribution in [0.5, 0.6) is 5.75 Å². The molecule has 0 atom stereocenters. The lowest BCUT2D eigenvalue weighted by Crippen LogP contribution is -2.39. The summed E-state index contributed by atoms with van der Waals surface area (Å²) in [5.41, 5.74) is 0.926. The summed E-state index contributed by atoms with van der Waals surface area (Å²) >= 11 is 0. The Morgan fingerprint density at radius 3 is 2.39 bits per heavy atom. The van der Waals surface area contributed by atoms with Crippen LogP contribution in [0.25, 0.3) is 0 Å². The summed E-state index contributed by atoms with van der Waals surface area (Å²) in [5.74, 6) is 0.279. The summed E-state index contributed by atoms with van der Waals surface area (Å²) in [4.78, 5) is 0. The molecule has 0 amide bonds. The largest absolute Gasteiger partial charge is 0.573 e. The lowest BCUT2D eigenvalue weighted by Gasteiger charge is -2.24. The molecule has 23 heavy (non-hydrogen) atoms. The standard InChI is InChI=1S/C16H23F3N2O2/c1-11(21-15(2,3)4)20-9-13-8-12(10-22-5)6-7-14(13)23-16(17,18)19/h6-8,20-21H,1,9-10H2,2-5H3. The molecular weight excluding hydrogens is 309 g/mol. The number of benzene rings is 1. The van der Waals surface area contributed by atoms with E-state index < -0.39 is 6.36 Å². The zero-order chi connectivity index (χ0) is 17.7. The molecule has 0 heterocycles. The Labute approximate surface area is 134 Å². The molecule has 0 fully saturated rings. The summed E-state index contributed by atoms with van der Waals surface area (Å²) in [7, 11) is 1.52. The van der Waals surface area contributed by atoms with E-state index >= 15 is 0 Å². The maximum Gasteiger partial charge on any atom is 0.573 e. The molecule has 0 spiro atoms. The molecule has 0 radical (unpaired) electrons. The number of halogens is 3. The van der Waals surface area contributed by atoms with Gasteiger partial charge in [0.15, 0.2) is 0 Å². The third-order valence-corrected chi connectivity index (χ3v) is 2.68. The number of methoxy groups -OCH3 is 1. The molecule has 130 valence electrons. The van der Waals surface area contributed by atoms with Crippen molar-refractivity contribution >= 4 is 0 Å². The molecule has 0 aliphatic rings. The summed E-state index contributed by atoms with van der Waals surface area (Å²) in [6.45, 7) is 10.1. The Morgan fingerprint density at radius 1 is 1.22 bits per heavy atom. The number of rotatable bonds is 7. The van der Waals surface area contributed by atoms with Crippen molar-refractivity contribution in [2.45, 2.75) is 45.8 Å². The van der Waals surface area contributed by atoms with Crippen LogP contribution in [0.1, 0.15) is 31.9 Å². The van der Waals surface area contributed by atoms with E-state index in [4.69, 9.17) is 4.74 Å². The lowest BCUT2D eigenvalue weighted by molar-refractivity contribution is -0.274. The minimum atomic E-state index is -4.74. The molecule has 0 aromatic heterocycles. The Balaban J connectivity index is 2.87. The van der Waals surface area contributed by atoms with Gasteiger partial charge in [-0.3, -0.25) is 0 Å². The van der Waals surface area contributed by atoms with Crippen molar-refractivity contribution in [2.24, 2.45) is 0 Å². The zero-order valence-corrected chi connectivity index (χ0v) is 13.8. The molecule has 1 aromatic carbocycles. The Morgan fingerprint density at radius 2 is 1.87 bits per heavy atom. The number of hydrogen-bond donors (Lipinski definition) is 2. The Hall–Kier alpha value is -1.89. The van der Waals surface area contributed by atoms with Gasteiger partial charge in [-0.25, -0.2) is 0 Å². The summed E-state index contributed by atoms with van der Waals surface area (Å²) < 4.78 is 46.6. The maximum atomic E-state index is 12.5. The number of nitrogens with one attached hydrogen (secondary N) is 2. The van der Waals surface area contributed by atoms with Gasteiger partial charge in [-0.05, 0) is 38.5 Å². The third kappa shape index (κ3) is 7.78. The quantitative estimate of drug-likeness (QED) is 0.799. The molecule has 1 aromatic rings. The number of hydrogen-bond acceptors (Lipinski definition) is 4. The first kappa shape index (κ1) is 19.2. The van der Waals surface area contributed by atoms with Crippen LogP contribution in [0.3, 0.4) is 0 Å². The van der Waals surface area contributed by atoms with E-state index in [1.54, 1.807) is 6.07 Å². The van der Waals surface area contributed by atoms with Gasteiger partial charge in [0.2, 0.25) is 0 Å². The van der Waals surface area contributed by atoms with Crippen LogP contribution in [-0.2, 0) is 17.9 Å². The fourth-order valence-corrected chi connectivity index (χ4v) is 1.95. The van der Waals surface area contributed by atoms with Crippen LogP contribution in [-0.4, -0.2) is 19.0 Å². The van der Waals surface area contributed by atoms with Crippen molar-refractivity contribution in [3.05, 3.63) is 41.7 Å². The van der Waals surface area contributed by atoms with Gasteiger partial charge in [0, 0.05) is 24.8 Å². The van der Waals surface area contributed by atoms with Crippen molar-refractivity contribution in [2.75, 3.05) is 7.11 Å². The third-order valence-electron chi connectivity index (χ3n) is 2.68. The highest BCUT2D eigenvalue weighted by atomic mass is 19.4. The maximum absolute atomic E-state index is 12.5. The van der Waals surface area contributed by atoms with Gasteiger partial charge in [-0.1, -0.05) is 12.6 Å². The van der Waals surface area contributed by atoms with E-state index in [0.717, 1.165) is 5.56 Å². The molecule has 0 bridgehead atoms. The average Bonchev–Trinajstić information content (AvgIpc) is 2.35. The van der Waals surface area contributed by atoms with Crippen LogP contribution in [0, 0.1) is 0 Å². The molecular formula is C16H23F3N2O2. The Bertz CT molecular complexity index is 537. The van der Waals surface area contributed by atoms with Crippen molar-refractivity contribution in [3.8, 4) is 5.75 Å². The first-order valence-corrected chi connectivity index (χ1v) is 7.07. The van der Waals surface area contributed by atoms with E-state index in [-0.39, 0.29) is 17.8 Å². The van der Waals surface area contributed by atoms with Crippen LogP contribution in [0.4, 0.5) is 13.2 Å². The van der Waals surface area contributed by atoms with Gasteiger partial charge in [0.1, 0.15) is 5.75 Å². The molecule has 0 saturated heterocycles. The highest BCUT2D eigenvalue weighted by Crippen LogP contribution is 2.27. The van der Waals surface area contributed by atoms with Crippen LogP contribution < -0.4 is 15.4 Å². The molecule has 1 rings (SSSR count). The minimum absolute atomic E-state index is 0.144. The normalized spacial score (nSPS) is 12.0. The topological polar surface area (TPSA) is 42.5 Å². The first-order valence-electron chi connectivity index (χ1n) is 7.07. The van der Waals surface area contributed by atoms with E-state index in [0.29, 0.717) is 18.0 Å². The lowest BCUT2D eigenvalue weighted by atomic mass is 10.1. The molecule has 2 N–H and O–H groups in total. The van der Waals surface area contributed by atoms with Gasteiger partial charge in [-0.2, -0.15) is 0 Å². The predicted molar refractivity (Wildman–Crippen MR) is 82.7 cm³/mol. The predicted octanol–water partition coefficient (Wildman–Crippen LogP) is 3.68. The van der Waals surface area contributed by atoms with E-state index in [1.807, 2.05) is 20.8 Å². The number of alkyl halides is 3.